The third-order valence-corrected chi connectivity index (χ3v) is 6.36. The van der Waals surface area contributed by atoms with Gasteiger partial charge in [-0.25, -0.2) is 8.42 Å². The van der Waals surface area contributed by atoms with Crippen LogP contribution >= 0.6 is 0 Å². The van der Waals surface area contributed by atoms with Gasteiger partial charge in [0.2, 0.25) is 9.84 Å². The molecule has 6 nitrogen and oxygen atoms in total. The number of aryl methyl sites for hydroxylation is 2. The van der Waals surface area contributed by atoms with Crippen LogP contribution < -0.4 is 14.2 Å². The number of sulfone groups is 1. The van der Waals surface area contributed by atoms with Gasteiger partial charge in [-0.15, -0.1) is 0 Å². The van der Waals surface area contributed by atoms with Crippen molar-refractivity contribution in [3.05, 3.63) is 71.8 Å². The molecule has 0 aliphatic rings. The SMILES string of the molecule is COc1ccc(Oc2c(C)cc(OCC(C)=O)cc2C)cc1S(=O)(=O)c1ccccc1. The van der Waals surface area contributed by atoms with E-state index in [4.69, 9.17) is 14.2 Å². The Hall–Kier alpha value is -3.32. The summed E-state index contributed by atoms with van der Waals surface area (Å²) in [7, 11) is -2.37. The number of carbonyl (C=O) groups excluding carboxylic acids is 1. The van der Waals surface area contributed by atoms with Gasteiger partial charge >= 0.3 is 0 Å². The van der Waals surface area contributed by atoms with Crippen LogP contribution in [0.3, 0.4) is 0 Å². The van der Waals surface area contributed by atoms with Gasteiger partial charge in [0.25, 0.3) is 0 Å². The van der Waals surface area contributed by atoms with Crippen LogP contribution in [0.25, 0.3) is 0 Å². The number of methoxy groups -OCH3 is 1. The van der Waals surface area contributed by atoms with Crippen molar-refractivity contribution < 1.29 is 27.4 Å². The smallest absolute Gasteiger partial charge is 0.210 e. The van der Waals surface area contributed by atoms with Crippen molar-refractivity contribution in [3.8, 4) is 23.0 Å². The lowest BCUT2D eigenvalue weighted by atomic mass is 10.1. The molecule has 0 heterocycles. The zero-order chi connectivity index (χ0) is 22.6. The second-order valence-electron chi connectivity index (χ2n) is 7.11. The van der Waals surface area contributed by atoms with Crippen molar-refractivity contribution in [2.45, 2.75) is 30.6 Å². The minimum Gasteiger partial charge on any atom is -0.495 e. The van der Waals surface area contributed by atoms with Crippen LogP contribution in [0.5, 0.6) is 23.0 Å². The first-order valence-corrected chi connectivity index (χ1v) is 11.1. The lowest BCUT2D eigenvalue weighted by Gasteiger charge is -2.16. The predicted octanol–water partition coefficient (Wildman–Crippen LogP) is 4.90. The molecule has 0 aromatic heterocycles. The van der Waals surface area contributed by atoms with Crippen molar-refractivity contribution in [3.63, 3.8) is 0 Å². The Bertz CT molecular complexity index is 1180. The summed E-state index contributed by atoms with van der Waals surface area (Å²) >= 11 is 0. The summed E-state index contributed by atoms with van der Waals surface area (Å²) in [5.74, 6) is 1.68. The minimum atomic E-state index is -3.80. The molecular weight excluding hydrogens is 416 g/mol. The Kier molecular flexibility index (Phi) is 6.65. The molecule has 0 N–H and O–H groups in total. The maximum Gasteiger partial charge on any atom is 0.210 e. The highest BCUT2D eigenvalue weighted by Gasteiger charge is 2.23. The van der Waals surface area contributed by atoms with E-state index in [1.54, 1.807) is 42.5 Å². The molecule has 0 saturated carbocycles. The number of ether oxygens (including phenoxy) is 3. The summed E-state index contributed by atoms with van der Waals surface area (Å²) in [6.07, 6.45) is 0. The van der Waals surface area contributed by atoms with Gasteiger partial charge in [-0.05, 0) is 68.3 Å². The largest absolute Gasteiger partial charge is 0.495 e. The normalized spacial score (nSPS) is 11.1. The predicted molar refractivity (Wildman–Crippen MR) is 117 cm³/mol. The van der Waals surface area contributed by atoms with E-state index in [1.165, 1.54) is 32.2 Å². The van der Waals surface area contributed by atoms with Gasteiger partial charge in [0.15, 0.2) is 5.78 Å². The summed E-state index contributed by atoms with van der Waals surface area (Å²) in [5, 5.41) is 0. The molecule has 0 aliphatic heterocycles. The van der Waals surface area contributed by atoms with E-state index in [0.29, 0.717) is 17.2 Å². The molecule has 162 valence electrons. The van der Waals surface area contributed by atoms with E-state index in [-0.39, 0.29) is 27.9 Å². The second kappa shape index (κ2) is 9.22. The van der Waals surface area contributed by atoms with Crippen molar-refractivity contribution in [1.82, 2.24) is 0 Å². The number of ketones is 1. The fourth-order valence-corrected chi connectivity index (χ4v) is 4.57. The zero-order valence-corrected chi connectivity index (χ0v) is 18.7. The van der Waals surface area contributed by atoms with Crippen LogP contribution in [0, 0.1) is 13.8 Å². The highest BCUT2D eigenvalue weighted by molar-refractivity contribution is 7.91. The van der Waals surface area contributed by atoms with Gasteiger partial charge in [0, 0.05) is 6.07 Å². The lowest BCUT2D eigenvalue weighted by molar-refractivity contribution is -0.118. The van der Waals surface area contributed by atoms with Crippen LogP contribution in [0.4, 0.5) is 0 Å². The Morgan fingerprint density at radius 1 is 0.903 bits per heavy atom. The summed E-state index contributed by atoms with van der Waals surface area (Å²) in [6, 6.07) is 16.4. The van der Waals surface area contributed by atoms with Crippen molar-refractivity contribution in [2.75, 3.05) is 13.7 Å². The van der Waals surface area contributed by atoms with E-state index in [2.05, 4.69) is 0 Å². The van der Waals surface area contributed by atoms with Gasteiger partial charge in [-0.3, -0.25) is 4.79 Å². The van der Waals surface area contributed by atoms with E-state index < -0.39 is 9.84 Å². The van der Waals surface area contributed by atoms with Gasteiger partial charge < -0.3 is 14.2 Å². The Balaban J connectivity index is 1.97. The fraction of sp³-hybridized carbons (Fsp3) is 0.208. The van der Waals surface area contributed by atoms with E-state index in [1.807, 2.05) is 13.8 Å². The number of Topliss-reactive ketones (excluding diaryl/α,β-unsaturated/α-hetero) is 1. The van der Waals surface area contributed by atoms with Crippen LogP contribution in [-0.4, -0.2) is 27.9 Å². The maximum atomic E-state index is 13.1. The maximum absolute atomic E-state index is 13.1. The average molecular weight is 441 g/mol. The van der Waals surface area contributed by atoms with Crippen molar-refractivity contribution >= 4 is 15.6 Å². The van der Waals surface area contributed by atoms with Gasteiger partial charge in [0.1, 0.15) is 34.5 Å². The van der Waals surface area contributed by atoms with Crippen LogP contribution in [0.15, 0.2) is 70.5 Å². The van der Waals surface area contributed by atoms with E-state index >= 15 is 0 Å². The number of hydrogen-bond acceptors (Lipinski definition) is 6. The summed E-state index contributed by atoms with van der Waals surface area (Å²) in [6.45, 7) is 5.17. The molecule has 0 spiro atoms. The van der Waals surface area contributed by atoms with E-state index in [0.717, 1.165) is 11.1 Å². The summed E-state index contributed by atoms with van der Waals surface area (Å²) < 4.78 is 43.1. The third-order valence-electron chi connectivity index (χ3n) is 4.57. The fourth-order valence-electron chi connectivity index (χ4n) is 3.11. The second-order valence-corrected chi connectivity index (χ2v) is 9.03. The molecule has 0 bridgehead atoms. The Morgan fingerprint density at radius 2 is 1.55 bits per heavy atom. The van der Waals surface area contributed by atoms with Gasteiger partial charge in [-0.1, -0.05) is 18.2 Å². The quantitative estimate of drug-likeness (QED) is 0.495. The first-order valence-electron chi connectivity index (χ1n) is 9.62. The Morgan fingerprint density at radius 3 is 2.13 bits per heavy atom. The monoisotopic (exact) mass is 440 g/mol. The summed E-state index contributed by atoms with van der Waals surface area (Å²) in [4.78, 5) is 11.3. The van der Waals surface area contributed by atoms with Gasteiger partial charge in [-0.2, -0.15) is 0 Å². The van der Waals surface area contributed by atoms with Crippen LogP contribution in [0.1, 0.15) is 18.1 Å². The molecule has 3 aromatic rings. The molecule has 0 aliphatic carbocycles. The molecule has 0 saturated heterocycles. The van der Waals surface area contributed by atoms with E-state index in [9.17, 15) is 13.2 Å². The van der Waals surface area contributed by atoms with Crippen molar-refractivity contribution in [1.29, 1.82) is 0 Å². The van der Waals surface area contributed by atoms with Crippen molar-refractivity contribution in [2.24, 2.45) is 0 Å². The molecule has 0 amide bonds. The molecule has 0 fully saturated rings. The lowest BCUT2D eigenvalue weighted by Crippen LogP contribution is -2.07. The Labute approximate surface area is 182 Å². The average Bonchev–Trinajstić information content (AvgIpc) is 2.75. The molecule has 0 atom stereocenters. The third kappa shape index (κ3) is 5.06. The summed E-state index contributed by atoms with van der Waals surface area (Å²) in [5.41, 5.74) is 1.59. The highest BCUT2D eigenvalue weighted by Crippen LogP contribution is 2.37. The molecule has 0 radical (unpaired) electrons. The molecule has 31 heavy (non-hydrogen) atoms. The van der Waals surface area contributed by atoms with Crippen LogP contribution in [0.2, 0.25) is 0 Å². The zero-order valence-electron chi connectivity index (χ0n) is 17.8. The minimum absolute atomic E-state index is 0.00172. The first-order chi connectivity index (χ1) is 14.7. The number of rotatable bonds is 8. The molecule has 3 aromatic carbocycles. The molecule has 0 unspecified atom stereocenters. The molecule has 3 rings (SSSR count). The number of hydrogen-bond donors (Lipinski definition) is 0. The highest BCUT2D eigenvalue weighted by atomic mass is 32.2. The first kappa shape index (κ1) is 22.4. The number of benzene rings is 3. The van der Waals surface area contributed by atoms with Gasteiger partial charge in [0.05, 0.1) is 12.0 Å². The van der Waals surface area contributed by atoms with Crippen LogP contribution in [-0.2, 0) is 14.6 Å². The molecule has 7 heteroatoms. The topological polar surface area (TPSA) is 78.9 Å². The molecular formula is C24H24O6S. The standard InChI is InChI=1S/C24H24O6S/c1-16-12-20(29-15-18(3)25)13-17(2)24(16)30-19-10-11-22(28-4)23(14-19)31(26,27)21-8-6-5-7-9-21/h5-14H,15H2,1-4H3. The number of carbonyl (C=O) groups is 1.